The van der Waals surface area contributed by atoms with E-state index in [1.54, 1.807) is 12.1 Å². The second kappa shape index (κ2) is 8.01. The molecular weight excluding hydrogens is 430 g/mol. The number of hydrogen-bond acceptors (Lipinski definition) is 6. The lowest BCUT2D eigenvalue weighted by Crippen LogP contribution is -2.36. The fourth-order valence-corrected chi connectivity index (χ4v) is 7.33. The van der Waals surface area contributed by atoms with Crippen molar-refractivity contribution in [2.75, 3.05) is 28.3 Å². The van der Waals surface area contributed by atoms with E-state index in [0.29, 0.717) is 10.2 Å². The molecule has 152 valence electrons. The lowest BCUT2D eigenvalue weighted by molar-refractivity contribution is -0.114. The zero-order chi connectivity index (χ0) is 20.6. The minimum atomic E-state index is -3.04. The van der Waals surface area contributed by atoms with Crippen molar-refractivity contribution in [3.05, 3.63) is 59.1 Å². The quantitative estimate of drug-likeness (QED) is 0.774. The molecule has 0 bridgehead atoms. The van der Waals surface area contributed by atoms with Crippen LogP contribution < -0.4 is 10.2 Å². The Kier molecular flexibility index (Phi) is 5.59. The van der Waals surface area contributed by atoms with Gasteiger partial charge in [-0.25, -0.2) is 8.42 Å². The maximum Gasteiger partial charge on any atom is 0.244 e. The summed E-state index contributed by atoms with van der Waals surface area (Å²) in [5.74, 6) is 0.00994. The number of sulfone groups is 1. The van der Waals surface area contributed by atoms with E-state index < -0.39 is 9.84 Å². The fraction of sp³-hybridized carbons (Fsp3) is 0.300. The molecule has 6 nitrogen and oxygen atoms in total. The minimum absolute atomic E-state index is 0.0631. The molecule has 2 heterocycles. The van der Waals surface area contributed by atoms with Crippen molar-refractivity contribution in [2.45, 2.75) is 18.2 Å². The number of hydrogen-bond donors (Lipinski definition) is 1. The standard InChI is InChI=1S/C20H20ClN3O3S2/c1-13-3-2-4-15(9-13)22-19(25)10-24(16-7-5-14(21)6-8-16)20-23-17-11-29(26,27)12-18(17)28-20/h2-9,17-18H,10-12H2,1H3,(H,22,25)/t17-,18+/m1/s1. The molecule has 0 unspecified atom stereocenters. The molecule has 0 saturated carbocycles. The maximum atomic E-state index is 12.7. The highest BCUT2D eigenvalue weighted by Crippen LogP contribution is 2.37. The van der Waals surface area contributed by atoms with Crippen LogP contribution in [-0.4, -0.2) is 48.8 Å². The molecule has 2 aromatic carbocycles. The Bertz CT molecular complexity index is 1070. The number of nitrogens with zero attached hydrogens (tertiary/aromatic N) is 2. The van der Waals surface area contributed by atoms with Gasteiger partial charge in [0.25, 0.3) is 0 Å². The highest BCUT2D eigenvalue weighted by atomic mass is 35.5. The molecule has 0 radical (unpaired) electrons. The molecule has 1 amide bonds. The molecule has 4 rings (SSSR count). The Morgan fingerprint density at radius 2 is 2.00 bits per heavy atom. The topological polar surface area (TPSA) is 78.8 Å². The summed E-state index contributed by atoms with van der Waals surface area (Å²) in [7, 11) is -3.04. The van der Waals surface area contributed by atoms with Crippen LogP contribution in [0.1, 0.15) is 5.56 Å². The van der Waals surface area contributed by atoms with Crippen LogP contribution in [0.2, 0.25) is 5.02 Å². The van der Waals surface area contributed by atoms with Gasteiger partial charge in [-0.15, -0.1) is 0 Å². The zero-order valence-corrected chi connectivity index (χ0v) is 18.1. The summed E-state index contributed by atoms with van der Waals surface area (Å²) in [6.07, 6.45) is 0. The number of aliphatic imine (C=N–C) groups is 1. The van der Waals surface area contributed by atoms with Crippen LogP contribution in [0.15, 0.2) is 53.5 Å². The summed E-state index contributed by atoms with van der Waals surface area (Å²) in [4.78, 5) is 19.2. The number of thioether (sulfide) groups is 1. The van der Waals surface area contributed by atoms with Gasteiger partial charge in [0.2, 0.25) is 5.91 Å². The molecule has 2 aliphatic heterocycles. The predicted molar refractivity (Wildman–Crippen MR) is 120 cm³/mol. The van der Waals surface area contributed by atoms with Gasteiger partial charge in [0, 0.05) is 21.6 Å². The third-order valence-electron chi connectivity index (χ3n) is 4.78. The van der Waals surface area contributed by atoms with E-state index in [1.165, 1.54) is 11.8 Å². The number of aryl methyl sites for hydroxylation is 1. The third-order valence-corrected chi connectivity index (χ3v) is 8.28. The monoisotopic (exact) mass is 449 g/mol. The van der Waals surface area contributed by atoms with Crippen LogP contribution in [-0.2, 0) is 14.6 Å². The number of fused-ring (bicyclic) bond motifs is 1. The van der Waals surface area contributed by atoms with Crippen molar-refractivity contribution in [3.8, 4) is 0 Å². The first-order valence-electron chi connectivity index (χ1n) is 9.13. The van der Waals surface area contributed by atoms with Gasteiger partial charge in [-0.3, -0.25) is 9.79 Å². The van der Waals surface area contributed by atoms with E-state index in [4.69, 9.17) is 11.6 Å². The van der Waals surface area contributed by atoms with Gasteiger partial charge in [0.15, 0.2) is 15.0 Å². The summed E-state index contributed by atoms with van der Waals surface area (Å²) in [5.41, 5.74) is 2.57. The largest absolute Gasteiger partial charge is 0.325 e. The van der Waals surface area contributed by atoms with Gasteiger partial charge in [-0.05, 0) is 48.9 Å². The van der Waals surface area contributed by atoms with E-state index in [9.17, 15) is 13.2 Å². The predicted octanol–water partition coefficient (Wildman–Crippen LogP) is 3.36. The van der Waals surface area contributed by atoms with Gasteiger partial charge in [0.1, 0.15) is 6.54 Å². The number of carbonyl (C=O) groups excluding carboxylic acids is 1. The summed E-state index contributed by atoms with van der Waals surface area (Å²) >= 11 is 7.44. The molecule has 0 aromatic heterocycles. The molecule has 1 saturated heterocycles. The molecule has 1 fully saturated rings. The van der Waals surface area contributed by atoms with Crippen molar-refractivity contribution in [2.24, 2.45) is 4.99 Å². The highest BCUT2D eigenvalue weighted by molar-refractivity contribution is 8.15. The average molecular weight is 450 g/mol. The van der Waals surface area contributed by atoms with E-state index >= 15 is 0 Å². The van der Waals surface area contributed by atoms with Gasteiger partial charge >= 0.3 is 0 Å². The van der Waals surface area contributed by atoms with E-state index in [-0.39, 0.29) is 35.2 Å². The van der Waals surface area contributed by atoms with Crippen LogP contribution in [0.25, 0.3) is 0 Å². The van der Waals surface area contributed by atoms with Crippen molar-refractivity contribution in [1.82, 2.24) is 0 Å². The molecule has 2 atom stereocenters. The SMILES string of the molecule is Cc1cccc(NC(=O)CN(C2=N[C@@H]3CS(=O)(=O)C[C@@H]3S2)c2ccc(Cl)cc2)c1. The first-order valence-corrected chi connectivity index (χ1v) is 12.2. The second-order valence-corrected chi connectivity index (χ2v) is 11.0. The average Bonchev–Trinajstić information content (AvgIpc) is 3.14. The fourth-order valence-electron chi connectivity index (χ4n) is 3.43. The lowest BCUT2D eigenvalue weighted by Gasteiger charge is -2.24. The van der Waals surface area contributed by atoms with E-state index in [0.717, 1.165) is 16.9 Å². The van der Waals surface area contributed by atoms with Crippen LogP contribution in [0.3, 0.4) is 0 Å². The van der Waals surface area contributed by atoms with Gasteiger partial charge in [-0.2, -0.15) is 0 Å². The van der Waals surface area contributed by atoms with Crippen molar-refractivity contribution in [3.63, 3.8) is 0 Å². The van der Waals surface area contributed by atoms with Crippen LogP contribution in [0.4, 0.5) is 11.4 Å². The molecule has 0 spiro atoms. The normalized spacial score (nSPS) is 22.1. The number of amides is 1. The third kappa shape index (κ3) is 4.76. The lowest BCUT2D eigenvalue weighted by atomic mass is 10.2. The first kappa shape index (κ1) is 20.3. The van der Waals surface area contributed by atoms with Crippen molar-refractivity contribution < 1.29 is 13.2 Å². The highest BCUT2D eigenvalue weighted by Gasteiger charge is 2.44. The summed E-state index contributed by atoms with van der Waals surface area (Å²) in [6.45, 7) is 2.03. The number of benzene rings is 2. The maximum absolute atomic E-state index is 12.7. The smallest absolute Gasteiger partial charge is 0.244 e. The Hall–Kier alpha value is -2.03. The minimum Gasteiger partial charge on any atom is -0.325 e. The van der Waals surface area contributed by atoms with Gasteiger partial charge in [0.05, 0.1) is 17.5 Å². The number of anilines is 2. The van der Waals surface area contributed by atoms with Gasteiger partial charge < -0.3 is 10.2 Å². The molecule has 2 aliphatic rings. The molecule has 29 heavy (non-hydrogen) atoms. The summed E-state index contributed by atoms with van der Waals surface area (Å²) in [6, 6.07) is 14.5. The number of halogens is 1. The first-order chi connectivity index (χ1) is 13.8. The Balaban J connectivity index is 1.56. The van der Waals surface area contributed by atoms with E-state index in [2.05, 4.69) is 10.3 Å². The van der Waals surface area contributed by atoms with Gasteiger partial charge in [-0.1, -0.05) is 35.5 Å². The Labute approximate surface area is 179 Å². The van der Waals surface area contributed by atoms with Crippen molar-refractivity contribution >= 4 is 55.6 Å². The molecule has 2 aromatic rings. The molecule has 9 heteroatoms. The molecule has 1 N–H and O–H groups in total. The van der Waals surface area contributed by atoms with Crippen LogP contribution in [0, 0.1) is 6.92 Å². The Morgan fingerprint density at radius 3 is 2.69 bits per heavy atom. The number of rotatable bonds is 4. The van der Waals surface area contributed by atoms with Crippen LogP contribution in [0.5, 0.6) is 0 Å². The van der Waals surface area contributed by atoms with E-state index in [1.807, 2.05) is 48.2 Å². The second-order valence-electron chi connectivity index (χ2n) is 7.19. The van der Waals surface area contributed by atoms with Crippen molar-refractivity contribution in [1.29, 1.82) is 0 Å². The number of amidine groups is 1. The summed E-state index contributed by atoms with van der Waals surface area (Å²) in [5, 5.41) is 4.08. The Morgan fingerprint density at radius 1 is 1.24 bits per heavy atom. The molecule has 0 aliphatic carbocycles. The number of nitrogens with one attached hydrogen (secondary N) is 1. The molecular formula is C20H20ClN3O3S2. The number of carbonyl (C=O) groups is 1. The van der Waals surface area contributed by atoms with Crippen LogP contribution >= 0.6 is 23.4 Å². The zero-order valence-electron chi connectivity index (χ0n) is 15.7. The summed E-state index contributed by atoms with van der Waals surface area (Å²) < 4.78 is 23.7.